The molecule has 6 heteroatoms. The van der Waals surface area contributed by atoms with E-state index < -0.39 is 23.2 Å². The standard InChI is InChI=1S/C15H21NO4S/c1-9(2)7-10-3-5-11(6-4-10)13(21)15(19)20-8-12(16)14(17)18/h3-6,9,12-13,21H,7-8,16H2,1-2H3,(H,17,18)/t12-,13?/m0/s1. The number of carboxylic acid groups (broad SMARTS) is 1. The molecule has 1 aromatic carbocycles. The second kappa shape index (κ2) is 8.05. The van der Waals surface area contributed by atoms with Crippen LogP contribution in [0, 0.1) is 5.92 Å². The second-order valence-electron chi connectivity index (χ2n) is 5.32. The molecule has 0 fully saturated rings. The Kier molecular flexibility index (Phi) is 6.71. The Bertz CT molecular complexity index is 487. The molecule has 0 aliphatic carbocycles. The maximum Gasteiger partial charge on any atom is 0.324 e. The third-order valence-corrected chi connectivity index (χ3v) is 3.39. The first-order valence-electron chi connectivity index (χ1n) is 6.73. The summed E-state index contributed by atoms with van der Waals surface area (Å²) in [6, 6.07) is 6.34. The van der Waals surface area contributed by atoms with Crippen molar-refractivity contribution in [2.45, 2.75) is 31.6 Å². The van der Waals surface area contributed by atoms with Crippen LogP contribution in [0.2, 0.25) is 0 Å². The summed E-state index contributed by atoms with van der Waals surface area (Å²) < 4.78 is 4.85. The Hall–Kier alpha value is -1.53. The van der Waals surface area contributed by atoms with Crippen LogP contribution in [0.1, 0.15) is 30.2 Å². The molecule has 1 aromatic rings. The van der Waals surface area contributed by atoms with Crippen LogP contribution in [-0.2, 0) is 20.7 Å². The van der Waals surface area contributed by atoms with Gasteiger partial charge >= 0.3 is 11.9 Å². The van der Waals surface area contributed by atoms with Crippen LogP contribution in [0.5, 0.6) is 0 Å². The summed E-state index contributed by atoms with van der Waals surface area (Å²) in [5, 5.41) is 7.87. The minimum Gasteiger partial charge on any atom is -0.480 e. The number of hydrogen-bond acceptors (Lipinski definition) is 5. The molecule has 5 nitrogen and oxygen atoms in total. The molecular weight excluding hydrogens is 290 g/mol. The predicted molar refractivity (Wildman–Crippen MR) is 83.3 cm³/mol. The highest BCUT2D eigenvalue weighted by Crippen LogP contribution is 2.22. The fourth-order valence-electron chi connectivity index (χ4n) is 1.77. The van der Waals surface area contributed by atoms with Crippen molar-refractivity contribution in [1.29, 1.82) is 0 Å². The number of hydrogen-bond donors (Lipinski definition) is 3. The first-order chi connectivity index (χ1) is 9.81. The van der Waals surface area contributed by atoms with Crippen molar-refractivity contribution in [2.75, 3.05) is 6.61 Å². The van der Waals surface area contributed by atoms with Crippen LogP contribution >= 0.6 is 12.6 Å². The smallest absolute Gasteiger partial charge is 0.324 e. The minimum atomic E-state index is -1.22. The van der Waals surface area contributed by atoms with Crippen LogP contribution in [0.4, 0.5) is 0 Å². The Morgan fingerprint density at radius 1 is 1.29 bits per heavy atom. The summed E-state index contributed by atoms with van der Waals surface area (Å²) in [6.45, 7) is 3.91. The van der Waals surface area contributed by atoms with E-state index in [9.17, 15) is 9.59 Å². The van der Waals surface area contributed by atoms with Gasteiger partial charge in [-0.2, -0.15) is 12.6 Å². The lowest BCUT2D eigenvalue weighted by Gasteiger charge is -2.13. The van der Waals surface area contributed by atoms with Crippen molar-refractivity contribution in [3.8, 4) is 0 Å². The van der Waals surface area contributed by atoms with E-state index in [1.54, 1.807) is 0 Å². The first kappa shape index (κ1) is 17.5. The number of carbonyl (C=O) groups excluding carboxylic acids is 1. The van der Waals surface area contributed by atoms with Gasteiger partial charge < -0.3 is 15.6 Å². The Balaban J connectivity index is 2.59. The average molecular weight is 311 g/mol. The number of thiol groups is 1. The summed E-state index contributed by atoms with van der Waals surface area (Å²) in [4.78, 5) is 22.3. The molecule has 0 saturated heterocycles. The molecule has 3 N–H and O–H groups in total. The van der Waals surface area contributed by atoms with Gasteiger partial charge in [-0.1, -0.05) is 38.1 Å². The quantitative estimate of drug-likeness (QED) is 0.528. The zero-order chi connectivity index (χ0) is 16.0. The molecule has 0 aliphatic rings. The van der Waals surface area contributed by atoms with Gasteiger partial charge in [0.2, 0.25) is 0 Å². The van der Waals surface area contributed by atoms with E-state index in [2.05, 4.69) is 26.5 Å². The molecule has 2 atom stereocenters. The summed E-state index contributed by atoms with van der Waals surface area (Å²) in [7, 11) is 0. The second-order valence-corrected chi connectivity index (χ2v) is 5.83. The molecule has 1 unspecified atom stereocenters. The van der Waals surface area contributed by atoms with Gasteiger partial charge in [0.15, 0.2) is 0 Å². The zero-order valence-electron chi connectivity index (χ0n) is 12.2. The number of benzene rings is 1. The highest BCUT2D eigenvalue weighted by atomic mass is 32.1. The largest absolute Gasteiger partial charge is 0.480 e. The summed E-state index contributed by atoms with van der Waals surface area (Å²) >= 11 is 4.21. The Morgan fingerprint density at radius 2 is 1.86 bits per heavy atom. The van der Waals surface area contributed by atoms with Gasteiger partial charge in [0.1, 0.15) is 17.9 Å². The molecule has 0 radical (unpaired) electrons. The number of ether oxygens (including phenoxy) is 1. The van der Waals surface area contributed by atoms with Gasteiger partial charge in [0, 0.05) is 0 Å². The van der Waals surface area contributed by atoms with Crippen LogP contribution in [0.3, 0.4) is 0 Å². The molecule has 0 saturated carbocycles. The lowest BCUT2D eigenvalue weighted by Crippen LogP contribution is -2.36. The lowest BCUT2D eigenvalue weighted by atomic mass is 10.0. The molecule has 1 rings (SSSR count). The van der Waals surface area contributed by atoms with E-state index in [4.69, 9.17) is 15.6 Å². The van der Waals surface area contributed by atoms with Gasteiger partial charge in [0.25, 0.3) is 0 Å². The average Bonchev–Trinajstić information content (AvgIpc) is 2.43. The molecule has 0 amide bonds. The number of nitrogens with two attached hydrogens (primary N) is 1. The van der Waals surface area contributed by atoms with Crippen molar-refractivity contribution in [3.63, 3.8) is 0 Å². The molecule has 0 aliphatic heterocycles. The number of aliphatic carboxylic acids is 1. The number of rotatable bonds is 7. The lowest BCUT2D eigenvalue weighted by molar-refractivity contribution is -0.147. The molecule has 0 heterocycles. The fraction of sp³-hybridized carbons (Fsp3) is 0.467. The third-order valence-electron chi connectivity index (χ3n) is 2.89. The highest BCUT2D eigenvalue weighted by Gasteiger charge is 2.20. The van der Waals surface area contributed by atoms with E-state index in [-0.39, 0.29) is 6.61 Å². The van der Waals surface area contributed by atoms with E-state index in [0.29, 0.717) is 11.5 Å². The molecule has 21 heavy (non-hydrogen) atoms. The fourth-order valence-corrected chi connectivity index (χ4v) is 2.01. The van der Waals surface area contributed by atoms with E-state index in [0.717, 1.165) is 6.42 Å². The number of esters is 1. The molecule has 0 aromatic heterocycles. The zero-order valence-corrected chi connectivity index (χ0v) is 13.0. The number of carbonyl (C=O) groups is 2. The van der Waals surface area contributed by atoms with Crippen molar-refractivity contribution in [1.82, 2.24) is 0 Å². The van der Waals surface area contributed by atoms with Gasteiger partial charge in [-0.15, -0.1) is 0 Å². The molecule has 116 valence electrons. The van der Waals surface area contributed by atoms with Gasteiger partial charge in [-0.3, -0.25) is 9.59 Å². The maximum absolute atomic E-state index is 11.8. The summed E-state index contributed by atoms with van der Waals surface area (Å²) in [5.74, 6) is -1.26. The summed E-state index contributed by atoms with van der Waals surface area (Å²) in [5.41, 5.74) is 7.17. The van der Waals surface area contributed by atoms with Crippen LogP contribution in [-0.4, -0.2) is 29.7 Å². The molecule has 0 spiro atoms. The van der Waals surface area contributed by atoms with Gasteiger partial charge in [0.05, 0.1) is 0 Å². The topological polar surface area (TPSA) is 89.6 Å². The minimum absolute atomic E-state index is 0.364. The van der Waals surface area contributed by atoms with Crippen molar-refractivity contribution >= 4 is 24.6 Å². The van der Waals surface area contributed by atoms with E-state index in [1.165, 1.54) is 5.56 Å². The number of carboxylic acids is 1. The first-order valence-corrected chi connectivity index (χ1v) is 7.24. The maximum atomic E-state index is 11.8. The van der Waals surface area contributed by atoms with Crippen LogP contribution in [0.15, 0.2) is 24.3 Å². The van der Waals surface area contributed by atoms with Gasteiger partial charge in [-0.05, 0) is 23.5 Å². The van der Waals surface area contributed by atoms with Crippen LogP contribution in [0.25, 0.3) is 0 Å². The SMILES string of the molecule is CC(C)Cc1ccc(C(S)C(=O)OC[C@H](N)C(=O)O)cc1. The summed E-state index contributed by atoms with van der Waals surface area (Å²) in [6.07, 6.45) is 0.968. The molecular formula is C15H21NO4S. The third kappa shape index (κ3) is 5.77. The van der Waals surface area contributed by atoms with Crippen molar-refractivity contribution < 1.29 is 19.4 Å². The van der Waals surface area contributed by atoms with Crippen LogP contribution < -0.4 is 5.73 Å². The highest BCUT2D eigenvalue weighted by molar-refractivity contribution is 7.81. The predicted octanol–water partition coefficient (Wildman–Crippen LogP) is 1.81. The van der Waals surface area contributed by atoms with Crippen molar-refractivity contribution in [2.24, 2.45) is 11.7 Å². The van der Waals surface area contributed by atoms with E-state index >= 15 is 0 Å². The molecule has 0 bridgehead atoms. The van der Waals surface area contributed by atoms with Gasteiger partial charge in [-0.25, -0.2) is 0 Å². The van der Waals surface area contributed by atoms with E-state index in [1.807, 2.05) is 24.3 Å². The monoisotopic (exact) mass is 311 g/mol. The van der Waals surface area contributed by atoms with Crippen molar-refractivity contribution in [3.05, 3.63) is 35.4 Å². The Labute approximate surface area is 129 Å². The normalized spacial score (nSPS) is 13.8. The Morgan fingerprint density at radius 3 is 2.33 bits per heavy atom.